The van der Waals surface area contributed by atoms with E-state index in [-0.39, 0.29) is 0 Å². The number of nitrogens with zero attached hydrogens (tertiary/aromatic N) is 2. The average molecular weight is 258 g/mol. The van der Waals surface area contributed by atoms with Gasteiger partial charge in [-0.05, 0) is 25.5 Å². The predicted molar refractivity (Wildman–Crippen MR) is 74.6 cm³/mol. The average Bonchev–Trinajstić information content (AvgIpc) is 2.93. The van der Waals surface area contributed by atoms with Crippen molar-refractivity contribution in [1.29, 1.82) is 0 Å². The number of imidazole rings is 1. The van der Waals surface area contributed by atoms with Gasteiger partial charge in [0.1, 0.15) is 5.01 Å². The lowest BCUT2D eigenvalue weighted by Gasteiger charge is -1.90. The standard InChI is InChI=1S/C13H14N4S/c1-7-4-3-5-9-11(7)17-13(16-9)12-8(2)15-10(6-14)18-12/h3-5H,6,14H2,1-2H3,(H,16,17). The second kappa shape index (κ2) is 4.19. The molecule has 3 aromatic rings. The van der Waals surface area contributed by atoms with Crippen LogP contribution in [0.15, 0.2) is 18.2 Å². The SMILES string of the molecule is Cc1nc(CN)sc1-c1nc2c(C)cccc2[nH]1. The Morgan fingerprint density at radius 1 is 1.28 bits per heavy atom. The van der Waals surface area contributed by atoms with Crippen LogP contribution in [-0.4, -0.2) is 15.0 Å². The van der Waals surface area contributed by atoms with Gasteiger partial charge in [0.05, 0.1) is 21.6 Å². The molecule has 92 valence electrons. The molecule has 2 heterocycles. The maximum absolute atomic E-state index is 5.63. The topological polar surface area (TPSA) is 67.6 Å². The zero-order chi connectivity index (χ0) is 12.7. The van der Waals surface area contributed by atoms with Crippen molar-refractivity contribution in [2.24, 2.45) is 5.73 Å². The minimum atomic E-state index is 0.477. The second-order valence-electron chi connectivity index (χ2n) is 4.28. The first-order valence-corrected chi connectivity index (χ1v) is 6.62. The number of hydrogen-bond donors (Lipinski definition) is 2. The zero-order valence-electron chi connectivity index (χ0n) is 10.3. The highest BCUT2D eigenvalue weighted by molar-refractivity contribution is 7.15. The third kappa shape index (κ3) is 1.72. The molecule has 0 saturated carbocycles. The summed E-state index contributed by atoms with van der Waals surface area (Å²) in [6, 6.07) is 6.14. The Kier molecular flexibility index (Phi) is 2.65. The van der Waals surface area contributed by atoms with Gasteiger partial charge in [-0.25, -0.2) is 9.97 Å². The normalized spacial score (nSPS) is 11.3. The maximum atomic E-state index is 5.63. The van der Waals surface area contributed by atoms with E-state index in [0.717, 1.165) is 32.4 Å². The van der Waals surface area contributed by atoms with Gasteiger partial charge in [0, 0.05) is 6.54 Å². The molecule has 0 atom stereocenters. The van der Waals surface area contributed by atoms with Crippen LogP contribution in [-0.2, 0) is 6.54 Å². The van der Waals surface area contributed by atoms with Crippen LogP contribution in [0.1, 0.15) is 16.3 Å². The number of nitrogens with two attached hydrogens (primary N) is 1. The van der Waals surface area contributed by atoms with Crippen molar-refractivity contribution >= 4 is 22.4 Å². The Morgan fingerprint density at radius 2 is 2.11 bits per heavy atom. The van der Waals surface area contributed by atoms with Gasteiger partial charge in [-0.1, -0.05) is 12.1 Å². The summed E-state index contributed by atoms with van der Waals surface area (Å²) < 4.78 is 0. The summed E-state index contributed by atoms with van der Waals surface area (Å²) in [5, 5.41) is 0.944. The maximum Gasteiger partial charge on any atom is 0.150 e. The molecule has 0 spiro atoms. The number of thiazole rings is 1. The highest BCUT2D eigenvalue weighted by atomic mass is 32.1. The molecule has 5 heteroatoms. The van der Waals surface area contributed by atoms with Crippen molar-refractivity contribution in [1.82, 2.24) is 15.0 Å². The fraction of sp³-hybridized carbons (Fsp3) is 0.231. The van der Waals surface area contributed by atoms with E-state index in [1.54, 1.807) is 11.3 Å². The fourth-order valence-corrected chi connectivity index (χ4v) is 2.93. The van der Waals surface area contributed by atoms with Gasteiger partial charge in [-0.2, -0.15) is 0 Å². The van der Waals surface area contributed by atoms with E-state index < -0.39 is 0 Å². The van der Waals surface area contributed by atoms with E-state index in [2.05, 4.69) is 27.9 Å². The summed E-state index contributed by atoms with van der Waals surface area (Å²) >= 11 is 1.60. The smallest absolute Gasteiger partial charge is 0.150 e. The lowest BCUT2D eigenvalue weighted by atomic mass is 10.2. The van der Waals surface area contributed by atoms with E-state index in [9.17, 15) is 0 Å². The number of nitrogens with one attached hydrogen (secondary N) is 1. The highest BCUT2D eigenvalue weighted by Gasteiger charge is 2.13. The van der Waals surface area contributed by atoms with E-state index in [1.807, 2.05) is 19.1 Å². The minimum absolute atomic E-state index is 0.477. The van der Waals surface area contributed by atoms with Crippen molar-refractivity contribution < 1.29 is 0 Å². The largest absolute Gasteiger partial charge is 0.337 e. The lowest BCUT2D eigenvalue weighted by Crippen LogP contribution is -1.94. The van der Waals surface area contributed by atoms with Gasteiger partial charge in [-0.3, -0.25) is 0 Å². The summed E-state index contributed by atoms with van der Waals surface area (Å²) in [5.41, 5.74) is 9.87. The molecule has 3 N–H and O–H groups in total. The summed E-state index contributed by atoms with van der Waals surface area (Å²) in [7, 11) is 0. The molecule has 0 bridgehead atoms. The van der Waals surface area contributed by atoms with Crippen LogP contribution in [0.4, 0.5) is 0 Å². The molecule has 1 aromatic carbocycles. The molecule has 0 unspecified atom stereocenters. The number of para-hydroxylation sites is 1. The van der Waals surface area contributed by atoms with Gasteiger partial charge < -0.3 is 10.7 Å². The Hall–Kier alpha value is -1.72. The summed E-state index contributed by atoms with van der Waals surface area (Å²) in [6.07, 6.45) is 0. The van der Waals surface area contributed by atoms with Crippen molar-refractivity contribution in [3.63, 3.8) is 0 Å². The Labute approximate surface area is 109 Å². The molecule has 3 rings (SSSR count). The molecular weight excluding hydrogens is 244 g/mol. The number of aryl methyl sites for hydroxylation is 2. The first kappa shape index (κ1) is 11.4. The fourth-order valence-electron chi connectivity index (χ4n) is 2.04. The molecule has 4 nitrogen and oxygen atoms in total. The number of benzene rings is 1. The minimum Gasteiger partial charge on any atom is -0.337 e. The second-order valence-corrected chi connectivity index (χ2v) is 5.37. The van der Waals surface area contributed by atoms with E-state index >= 15 is 0 Å². The van der Waals surface area contributed by atoms with E-state index in [1.165, 1.54) is 5.56 Å². The first-order chi connectivity index (χ1) is 8.69. The van der Waals surface area contributed by atoms with Crippen LogP contribution in [0.2, 0.25) is 0 Å². The van der Waals surface area contributed by atoms with Crippen LogP contribution in [0.25, 0.3) is 21.7 Å². The van der Waals surface area contributed by atoms with E-state index in [0.29, 0.717) is 6.54 Å². The van der Waals surface area contributed by atoms with Gasteiger partial charge in [0.2, 0.25) is 0 Å². The molecule has 18 heavy (non-hydrogen) atoms. The van der Waals surface area contributed by atoms with Crippen molar-refractivity contribution in [3.8, 4) is 10.7 Å². The monoisotopic (exact) mass is 258 g/mol. The Morgan fingerprint density at radius 3 is 2.78 bits per heavy atom. The van der Waals surface area contributed by atoms with Crippen LogP contribution < -0.4 is 5.73 Å². The van der Waals surface area contributed by atoms with Gasteiger partial charge >= 0.3 is 0 Å². The number of aromatic amines is 1. The van der Waals surface area contributed by atoms with Crippen molar-refractivity contribution in [2.45, 2.75) is 20.4 Å². The molecule has 2 aromatic heterocycles. The number of fused-ring (bicyclic) bond motifs is 1. The third-order valence-corrected chi connectivity index (χ3v) is 4.13. The molecule has 0 amide bonds. The molecular formula is C13H14N4S. The highest BCUT2D eigenvalue weighted by Crippen LogP contribution is 2.29. The molecule has 0 aliphatic rings. The number of rotatable bonds is 2. The molecule has 0 aliphatic carbocycles. The van der Waals surface area contributed by atoms with Crippen molar-refractivity contribution in [2.75, 3.05) is 0 Å². The Bertz CT molecular complexity index is 711. The Balaban J connectivity index is 2.19. The molecule has 0 radical (unpaired) electrons. The molecule has 0 aliphatic heterocycles. The zero-order valence-corrected chi connectivity index (χ0v) is 11.1. The van der Waals surface area contributed by atoms with E-state index in [4.69, 9.17) is 5.73 Å². The van der Waals surface area contributed by atoms with Crippen LogP contribution >= 0.6 is 11.3 Å². The summed E-state index contributed by atoms with van der Waals surface area (Å²) in [6.45, 7) is 4.54. The molecule has 0 fully saturated rings. The summed E-state index contributed by atoms with van der Waals surface area (Å²) in [4.78, 5) is 13.5. The number of H-pyrrole nitrogens is 1. The number of hydrogen-bond acceptors (Lipinski definition) is 4. The van der Waals surface area contributed by atoms with Crippen LogP contribution in [0.3, 0.4) is 0 Å². The molecule has 0 saturated heterocycles. The lowest BCUT2D eigenvalue weighted by molar-refractivity contribution is 1.02. The first-order valence-electron chi connectivity index (χ1n) is 5.81. The van der Waals surface area contributed by atoms with Gasteiger partial charge in [0.25, 0.3) is 0 Å². The quantitative estimate of drug-likeness (QED) is 0.742. The summed E-state index contributed by atoms with van der Waals surface area (Å²) in [5.74, 6) is 0.883. The van der Waals surface area contributed by atoms with Crippen LogP contribution in [0, 0.1) is 13.8 Å². The predicted octanol–water partition coefficient (Wildman–Crippen LogP) is 2.76. The van der Waals surface area contributed by atoms with Gasteiger partial charge in [0.15, 0.2) is 5.82 Å². The van der Waals surface area contributed by atoms with Crippen LogP contribution in [0.5, 0.6) is 0 Å². The van der Waals surface area contributed by atoms with Gasteiger partial charge in [-0.15, -0.1) is 11.3 Å². The third-order valence-electron chi connectivity index (χ3n) is 2.95. The number of aromatic nitrogens is 3. The van der Waals surface area contributed by atoms with Crippen molar-refractivity contribution in [3.05, 3.63) is 34.5 Å².